The van der Waals surface area contributed by atoms with Crippen molar-refractivity contribution < 1.29 is 27.6 Å². The summed E-state index contributed by atoms with van der Waals surface area (Å²) in [6, 6.07) is 11.0. The van der Waals surface area contributed by atoms with Gasteiger partial charge in [-0.25, -0.2) is 4.79 Å². The predicted octanol–water partition coefficient (Wildman–Crippen LogP) is 2.98. The van der Waals surface area contributed by atoms with Crippen LogP contribution >= 0.6 is 0 Å². The fraction of sp³-hybridized carbons (Fsp3) is 0.200. The number of urea groups is 1. The van der Waals surface area contributed by atoms with Gasteiger partial charge in [-0.3, -0.25) is 14.5 Å². The highest BCUT2D eigenvalue weighted by molar-refractivity contribution is 6.10. The van der Waals surface area contributed by atoms with E-state index >= 15 is 0 Å². The number of benzene rings is 2. The van der Waals surface area contributed by atoms with E-state index in [2.05, 4.69) is 10.6 Å². The van der Waals surface area contributed by atoms with Crippen LogP contribution in [0.25, 0.3) is 0 Å². The Labute approximate surface area is 169 Å². The molecule has 0 saturated carbocycles. The fourth-order valence-electron chi connectivity index (χ4n) is 3.01. The number of hydrogen-bond donors (Lipinski definition) is 2. The smallest absolute Gasteiger partial charge is 0.325 e. The van der Waals surface area contributed by atoms with E-state index in [-0.39, 0.29) is 5.56 Å². The minimum atomic E-state index is -4.61. The van der Waals surface area contributed by atoms with E-state index in [1.165, 1.54) is 37.3 Å². The Morgan fingerprint density at radius 1 is 1.20 bits per heavy atom. The summed E-state index contributed by atoms with van der Waals surface area (Å²) in [4.78, 5) is 38.0. The zero-order valence-corrected chi connectivity index (χ0v) is 15.6. The van der Waals surface area contributed by atoms with Gasteiger partial charge in [-0.15, -0.1) is 0 Å². The molecule has 1 aliphatic heterocycles. The Balaban J connectivity index is 1.77. The maximum atomic E-state index is 13.0. The van der Waals surface area contributed by atoms with Crippen LogP contribution in [0.4, 0.5) is 23.7 Å². The number of halogens is 3. The van der Waals surface area contributed by atoms with Gasteiger partial charge < -0.3 is 10.6 Å². The van der Waals surface area contributed by atoms with Crippen LogP contribution in [0.15, 0.2) is 48.5 Å². The Morgan fingerprint density at radius 3 is 2.47 bits per heavy atom. The molecule has 1 unspecified atom stereocenters. The molecule has 1 fully saturated rings. The van der Waals surface area contributed by atoms with Gasteiger partial charge in [-0.1, -0.05) is 12.1 Å². The SMILES string of the molecule is CC1(c2cccc(C(F)(F)F)c2)NC(=O)N(CC(=O)Nc2ccc(C#N)cc2)C1=O. The van der Waals surface area contributed by atoms with E-state index in [0.29, 0.717) is 16.2 Å². The third-order valence-corrected chi connectivity index (χ3v) is 4.64. The standard InChI is InChI=1S/C20H15F3N4O3/c1-19(13-3-2-4-14(9-13)20(21,22)23)17(29)27(18(30)26-19)11-16(28)25-15-7-5-12(10-24)6-8-15/h2-9H,11H2,1H3,(H,25,28)(H,26,30). The van der Waals surface area contributed by atoms with Gasteiger partial charge in [0.15, 0.2) is 0 Å². The number of hydrogen-bond acceptors (Lipinski definition) is 4. The normalized spacial score (nSPS) is 18.7. The zero-order valence-electron chi connectivity index (χ0n) is 15.6. The molecule has 4 amide bonds. The summed E-state index contributed by atoms with van der Waals surface area (Å²) in [5, 5.41) is 13.6. The van der Waals surface area contributed by atoms with E-state index in [9.17, 15) is 27.6 Å². The van der Waals surface area contributed by atoms with Crippen LogP contribution in [0.5, 0.6) is 0 Å². The molecule has 1 atom stereocenters. The monoisotopic (exact) mass is 416 g/mol. The van der Waals surface area contributed by atoms with Crippen LogP contribution in [0.3, 0.4) is 0 Å². The van der Waals surface area contributed by atoms with Crippen molar-refractivity contribution in [1.29, 1.82) is 5.26 Å². The molecule has 2 aromatic rings. The van der Waals surface area contributed by atoms with Gasteiger partial charge in [0, 0.05) is 5.69 Å². The summed E-state index contributed by atoms with van der Waals surface area (Å²) in [5.41, 5.74) is -2.01. The third kappa shape index (κ3) is 3.96. The number of carbonyl (C=O) groups excluding carboxylic acids is 3. The summed E-state index contributed by atoms with van der Waals surface area (Å²) in [7, 11) is 0. The van der Waals surface area contributed by atoms with Crippen molar-refractivity contribution in [2.45, 2.75) is 18.6 Å². The van der Waals surface area contributed by atoms with Crippen molar-refractivity contribution in [2.24, 2.45) is 0 Å². The van der Waals surface area contributed by atoms with E-state index in [0.717, 1.165) is 18.2 Å². The number of anilines is 1. The van der Waals surface area contributed by atoms with Crippen LogP contribution in [-0.4, -0.2) is 29.3 Å². The highest BCUT2D eigenvalue weighted by atomic mass is 19.4. The summed E-state index contributed by atoms with van der Waals surface area (Å²) in [6.45, 7) is 0.653. The average Bonchev–Trinajstić information content (AvgIpc) is 2.92. The van der Waals surface area contributed by atoms with Crippen molar-refractivity contribution in [2.75, 3.05) is 11.9 Å². The second-order valence-electron chi connectivity index (χ2n) is 6.76. The van der Waals surface area contributed by atoms with E-state index in [4.69, 9.17) is 5.26 Å². The summed E-state index contributed by atoms with van der Waals surface area (Å²) >= 11 is 0. The minimum absolute atomic E-state index is 0.0503. The van der Waals surface area contributed by atoms with Crippen LogP contribution in [0, 0.1) is 11.3 Å². The molecule has 0 bridgehead atoms. The molecule has 0 aliphatic carbocycles. The van der Waals surface area contributed by atoms with Gasteiger partial charge in [-0.05, 0) is 48.9 Å². The first-order valence-electron chi connectivity index (χ1n) is 8.66. The molecule has 10 heteroatoms. The molecule has 0 radical (unpaired) electrons. The molecule has 7 nitrogen and oxygen atoms in total. The molecule has 154 valence electrons. The lowest BCUT2D eigenvalue weighted by Gasteiger charge is -2.23. The zero-order chi connectivity index (χ0) is 22.1. The van der Waals surface area contributed by atoms with Crippen LogP contribution in [-0.2, 0) is 21.3 Å². The van der Waals surface area contributed by atoms with Crippen molar-refractivity contribution in [3.8, 4) is 6.07 Å². The van der Waals surface area contributed by atoms with Gasteiger partial charge >= 0.3 is 12.2 Å². The van der Waals surface area contributed by atoms with Crippen LogP contribution < -0.4 is 10.6 Å². The fourth-order valence-corrected chi connectivity index (χ4v) is 3.01. The Bertz CT molecular complexity index is 1060. The predicted molar refractivity (Wildman–Crippen MR) is 98.8 cm³/mol. The third-order valence-electron chi connectivity index (χ3n) is 4.64. The Morgan fingerprint density at radius 2 is 1.87 bits per heavy atom. The largest absolute Gasteiger partial charge is 0.416 e. The molecule has 2 aromatic carbocycles. The van der Waals surface area contributed by atoms with E-state index < -0.39 is 41.7 Å². The van der Waals surface area contributed by atoms with Crippen LogP contribution in [0.2, 0.25) is 0 Å². The second-order valence-corrected chi connectivity index (χ2v) is 6.76. The topological polar surface area (TPSA) is 102 Å². The number of carbonyl (C=O) groups is 3. The maximum absolute atomic E-state index is 13.0. The molecule has 1 aliphatic rings. The van der Waals surface area contributed by atoms with Crippen molar-refractivity contribution in [3.05, 3.63) is 65.2 Å². The molecule has 3 rings (SSSR count). The molecule has 2 N–H and O–H groups in total. The molecule has 1 saturated heterocycles. The molecule has 30 heavy (non-hydrogen) atoms. The Kier molecular flexibility index (Phi) is 5.22. The maximum Gasteiger partial charge on any atom is 0.416 e. The molecule has 0 spiro atoms. The molecular formula is C20H15F3N4O3. The van der Waals surface area contributed by atoms with Gasteiger partial charge in [-0.2, -0.15) is 18.4 Å². The number of rotatable bonds is 4. The van der Waals surface area contributed by atoms with E-state index in [1.54, 1.807) is 0 Å². The quantitative estimate of drug-likeness (QED) is 0.748. The van der Waals surface area contributed by atoms with E-state index in [1.807, 2.05) is 6.07 Å². The number of nitrogens with one attached hydrogen (secondary N) is 2. The summed E-state index contributed by atoms with van der Waals surface area (Å²) in [6.07, 6.45) is -4.61. The van der Waals surface area contributed by atoms with Crippen LogP contribution in [0.1, 0.15) is 23.6 Å². The van der Waals surface area contributed by atoms with Crippen molar-refractivity contribution in [3.63, 3.8) is 0 Å². The molecule has 0 aromatic heterocycles. The minimum Gasteiger partial charge on any atom is -0.325 e. The average molecular weight is 416 g/mol. The molecule has 1 heterocycles. The number of nitrogens with zero attached hydrogens (tertiary/aromatic N) is 2. The van der Waals surface area contributed by atoms with Gasteiger partial charge in [0.1, 0.15) is 12.1 Å². The first kappa shape index (κ1) is 20.9. The Hall–Kier alpha value is -3.87. The lowest BCUT2D eigenvalue weighted by atomic mass is 9.90. The van der Waals surface area contributed by atoms with Gasteiger partial charge in [0.05, 0.1) is 17.2 Å². The van der Waals surface area contributed by atoms with Gasteiger partial charge in [0.25, 0.3) is 5.91 Å². The molecular weight excluding hydrogens is 401 g/mol. The first-order valence-corrected chi connectivity index (χ1v) is 8.66. The second kappa shape index (κ2) is 7.51. The number of amides is 4. The van der Waals surface area contributed by atoms with Crippen molar-refractivity contribution in [1.82, 2.24) is 10.2 Å². The van der Waals surface area contributed by atoms with Gasteiger partial charge in [0.2, 0.25) is 5.91 Å². The number of nitriles is 1. The number of imide groups is 1. The lowest BCUT2D eigenvalue weighted by molar-refractivity contribution is -0.138. The van der Waals surface area contributed by atoms with Crippen molar-refractivity contribution >= 4 is 23.5 Å². The highest BCUT2D eigenvalue weighted by Crippen LogP contribution is 2.34. The lowest BCUT2D eigenvalue weighted by Crippen LogP contribution is -2.42. The first-order chi connectivity index (χ1) is 14.0. The highest BCUT2D eigenvalue weighted by Gasteiger charge is 2.50. The number of alkyl halides is 3. The summed E-state index contributed by atoms with van der Waals surface area (Å²) in [5.74, 6) is -1.53. The summed E-state index contributed by atoms with van der Waals surface area (Å²) < 4.78 is 39.0.